The highest BCUT2D eigenvalue weighted by molar-refractivity contribution is 7.98. The van der Waals surface area contributed by atoms with E-state index in [-0.39, 0.29) is 54.3 Å². The van der Waals surface area contributed by atoms with E-state index in [0.29, 0.717) is 70.8 Å². The van der Waals surface area contributed by atoms with Crippen molar-refractivity contribution in [3.05, 3.63) is 115 Å². The maximum Gasteiger partial charge on any atom is 0.294 e. The molecule has 0 saturated heterocycles. The lowest BCUT2D eigenvalue weighted by Crippen LogP contribution is -2.21. The zero-order valence-corrected chi connectivity index (χ0v) is 45.0. The van der Waals surface area contributed by atoms with Crippen molar-refractivity contribution in [1.82, 2.24) is 33.7 Å². The largest absolute Gasteiger partial charge is 0.372 e. The SMILES string of the molecule is CCN(CC)c1ccc(/N=N/c2nc(-c3cccc(S(=O)(=O)O)c3)ns2)c(Nc2nc(Nc3cc(N(CC)CC)ccc3Nc3nc(-c4cccc(S(=O)(=O)O)c4)ns3)nc(SCc3cccc(S(=O)(=O)O)c3)n2)c1. The molecule has 75 heavy (non-hydrogen) atoms. The van der Waals surface area contributed by atoms with Crippen LogP contribution in [0.3, 0.4) is 0 Å². The first-order chi connectivity index (χ1) is 35.8. The molecular weight excluding hydrogens is 1080 g/mol. The molecule has 390 valence electrons. The Morgan fingerprint density at radius 1 is 0.533 bits per heavy atom. The zero-order chi connectivity index (χ0) is 53.5. The van der Waals surface area contributed by atoms with Gasteiger partial charge < -0.3 is 25.8 Å². The van der Waals surface area contributed by atoms with Gasteiger partial charge in [0.15, 0.2) is 16.8 Å². The number of anilines is 8. The number of aromatic nitrogens is 7. The van der Waals surface area contributed by atoms with E-state index in [9.17, 15) is 38.9 Å². The number of azo groups is 1. The molecule has 0 aliphatic rings. The van der Waals surface area contributed by atoms with E-state index in [1.165, 1.54) is 66.4 Å². The van der Waals surface area contributed by atoms with E-state index in [4.69, 9.17) is 15.0 Å². The molecule has 3 aromatic heterocycles. The number of thioether (sulfide) groups is 1. The van der Waals surface area contributed by atoms with Crippen molar-refractivity contribution in [2.75, 3.05) is 51.9 Å². The van der Waals surface area contributed by atoms with Crippen LogP contribution in [-0.2, 0) is 36.1 Å². The molecule has 0 bridgehead atoms. The quantitative estimate of drug-likeness (QED) is 0.0209. The molecule has 0 unspecified atom stereocenters. The van der Waals surface area contributed by atoms with Crippen LogP contribution in [0.15, 0.2) is 139 Å². The zero-order valence-electron chi connectivity index (χ0n) is 40.1. The lowest BCUT2D eigenvalue weighted by atomic mass is 10.2. The van der Waals surface area contributed by atoms with Gasteiger partial charge in [-0.1, -0.05) is 48.2 Å². The highest BCUT2D eigenvalue weighted by Crippen LogP contribution is 2.37. The smallest absolute Gasteiger partial charge is 0.294 e. The highest BCUT2D eigenvalue weighted by atomic mass is 32.2. The molecule has 6 N–H and O–H groups in total. The molecule has 8 aromatic rings. The molecule has 0 aliphatic carbocycles. The Balaban J connectivity index is 1.17. The predicted octanol–water partition coefficient (Wildman–Crippen LogP) is 10.3. The standard InChI is InChI=1S/C46H46N14O9S6/c1-5-59(6-2)31-18-20-36(49-45-50-40(57-71-45)29-13-10-16-34(23-29)74(64,65)66)38(25-31)47-42-52-43(54-44(53-42)70-27-28-12-9-15-33(22-28)73(61,62)63)48-39-26-32(60(7-3)8-4)19-21-37(39)55-56-46-51-41(58-72-46)30-14-11-17-35(24-30)75(67,68)69/h9-26H,5-8,27H2,1-4H3,(H,49,50,57)(H,61,62,63)(H,64,65,66)(H,67,68,69)(H2,47,48,52,53,54)/b56-55+. The number of hydrogen-bond donors (Lipinski definition) is 6. The van der Waals surface area contributed by atoms with Gasteiger partial charge in [-0.15, -0.1) is 10.2 Å². The third-order valence-electron chi connectivity index (χ3n) is 11.0. The van der Waals surface area contributed by atoms with E-state index >= 15 is 0 Å². The van der Waals surface area contributed by atoms with Crippen LogP contribution in [0.4, 0.5) is 56.3 Å². The fourth-order valence-electron chi connectivity index (χ4n) is 7.31. The van der Waals surface area contributed by atoms with Crippen LogP contribution in [0.5, 0.6) is 0 Å². The Morgan fingerprint density at radius 2 is 1.05 bits per heavy atom. The molecule has 29 heteroatoms. The minimum absolute atomic E-state index is 0.0713. The minimum Gasteiger partial charge on any atom is -0.372 e. The van der Waals surface area contributed by atoms with E-state index < -0.39 is 30.4 Å². The van der Waals surface area contributed by atoms with Gasteiger partial charge in [0, 0.05) is 77.5 Å². The Labute approximate surface area is 444 Å². The van der Waals surface area contributed by atoms with Crippen molar-refractivity contribution in [3.63, 3.8) is 0 Å². The Morgan fingerprint density at radius 3 is 1.64 bits per heavy atom. The maximum atomic E-state index is 12.0. The summed E-state index contributed by atoms with van der Waals surface area (Å²) in [7, 11) is -13.4. The molecule has 0 amide bonds. The fraction of sp³-hybridized carbons (Fsp3) is 0.196. The molecule has 0 spiro atoms. The van der Waals surface area contributed by atoms with Crippen LogP contribution in [0.2, 0.25) is 0 Å². The van der Waals surface area contributed by atoms with Crippen molar-refractivity contribution in [1.29, 1.82) is 0 Å². The average Bonchev–Trinajstić information content (AvgIpc) is 4.07. The van der Waals surface area contributed by atoms with Crippen LogP contribution in [0.1, 0.15) is 33.3 Å². The van der Waals surface area contributed by atoms with Gasteiger partial charge in [0.1, 0.15) is 5.69 Å². The van der Waals surface area contributed by atoms with Crippen molar-refractivity contribution >= 4 is 121 Å². The summed E-state index contributed by atoms with van der Waals surface area (Å²) < 4.78 is 109. The third-order valence-corrected chi connectivity index (χ3v) is 15.7. The summed E-state index contributed by atoms with van der Waals surface area (Å²) in [5.74, 6) is 0.739. The molecule has 8 rings (SSSR count). The van der Waals surface area contributed by atoms with Gasteiger partial charge in [-0.05, 0) is 106 Å². The molecule has 0 aliphatic heterocycles. The number of hydrogen-bond acceptors (Lipinski definition) is 23. The summed E-state index contributed by atoms with van der Waals surface area (Å²) in [6.07, 6.45) is 0. The summed E-state index contributed by atoms with van der Waals surface area (Å²) in [5, 5.41) is 19.6. The van der Waals surface area contributed by atoms with Crippen molar-refractivity contribution in [2.24, 2.45) is 10.2 Å². The van der Waals surface area contributed by atoms with Gasteiger partial charge in [-0.3, -0.25) is 13.7 Å². The van der Waals surface area contributed by atoms with Gasteiger partial charge in [-0.25, -0.2) is 0 Å². The molecule has 23 nitrogen and oxygen atoms in total. The average molecular weight is 1130 g/mol. The lowest BCUT2D eigenvalue weighted by molar-refractivity contribution is 0.481. The molecule has 3 heterocycles. The van der Waals surface area contributed by atoms with E-state index in [0.717, 1.165) is 34.4 Å². The third kappa shape index (κ3) is 13.8. The molecule has 0 saturated carbocycles. The molecular formula is C46H46N14O9S6. The van der Waals surface area contributed by atoms with Gasteiger partial charge in [0.2, 0.25) is 22.2 Å². The molecule has 0 radical (unpaired) electrons. The minimum atomic E-state index is -4.48. The van der Waals surface area contributed by atoms with E-state index in [1.54, 1.807) is 24.3 Å². The van der Waals surface area contributed by atoms with Crippen molar-refractivity contribution < 1.29 is 38.9 Å². The van der Waals surface area contributed by atoms with E-state index in [2.05, 4.69) is 54.7 Å². The summed E-state index contributed by atoms with van der Waals surface area (Å²) >= 11 is 3.12. The van der Waals surface area contributed by atoms with Crippen LogP contribution in [0.25, 0.3) is 22.8 Å². The Bertz CT molecular complexity index is 3740. The summed E-state index contributed by atoms with van der Waals surface area (Å²) in [6, 6.07) is 28.3. The summed E-state index contributed by atoms with van der Waals surface area (Å²) in [6.45, 7) is 10.9. The number of nitrogens with one attached hydrogen (secondary N) is 3. The predicted molar refractivity (Wildman–Crippen MR) is 290 cm³/mol. The summed E-state index contributed by atoms with van der Waals surface area (Å²) in [5.41, 5.74) is 4.80. The Kier molecular flexibility index (Phi) is 16.8. The monoisotopic (exact) mass is 1130 g/mol. The van der Waals surface area contributed by atoms with Gasteiger partial charge >= 0.3 is 0 Å². The topological polar surface area (TPSA) is 321 Å². The lowest BCUT2D eigenvalue weighted by Gasteiger charge is -2.23. The number of rotatable bonds is 22. The Hall–Kier alpha value is -7.09. The van der Waals surface area contributed by atoms with Crippen LogP contribution in [0, 0.1) is 0 Å². The molecule has 5 aromatic carbocycles. The van der Waals surface area contributed by atoms with Crippen molar-refractivity contribution in [2.45, 2.75) is 53.3 Å². The van der Waals surface area contributed by atoms with Gasteiger partial charge in [0.25, 0.3) is 30.4 Å². The number of nitrogens with zero attached hydrogens (tertiary/aromatic N) is 11. The summed E-state index contributed by atoms with van der Waals surface area (Å²) in [4.78, 5) is 26.8. The highest BCUT2D eigenvalue weighted by Gasteiger charge is 2.19. The first-order valence-corrected chi connectivity index (χ1v) is 29.4. The van der Waals surface area contributed by atoms with Crippen LogP contribution in [-0.4, -0.2) is 98.8 Å². The normalized spacial score (nSPS) is 12.0. The second-order valence-electron chi connectivity index (χ2n) is 15.9. The van der Waals surface area contributed by atoms with Crippen LogP contribution >= 0.6 is 34.8 Å². The van der Waals surface area contributed by atoms with Crippen molar-refractivity contribution in [3.8, 4) is 22.8 Å². The first kappa shape index (κ1) is 54.2. The molecule has 0 atom stereocenters. The second-order valence-corrected chi connectivity index (χ2v) is 22.5. The number of benzene rings is 5. The molecule has 0 fully saturated rings. The fourth-order valence-corrected chi connectivity index (χ4v) is 10.8. The van der Waals surface area contributed by atoms with E-state index in [1.807, 2.05) is 58.0 Å². The maximum absolute atomic E-state index is 12.0. The van der Waals surface area contributed by atoms with Gasteiger partial charge in [0.05, 0.1) is 31.7 Å². The van der Waals surface area contributed by atoms with Gasteiger partial charge in [-0.2, -0.15) is 58.9 Å². The second kappa shape index (κ2) is 23.2. The first-order valence-electron chi connectivity index (χ1n) is 22.6. The van der Waals surface area contributed by atoms with Crippen LogP contribution < -0.4 is 25.8 Å².